The highest BCUT2D eigenvalue weighted by atomic mass is 19.4. The van der Waals surface area contributed by atoms with Crippen molar-refractivity contribution in [1.29, 1.82) is 0 Å². The number of nitrogens with one attached hydrogen (secondary N) is 1. The van der Waals surface area contributed by atoms with Crippen LogP contribution in [0.25, 0.3) is 22.6 Å². The Balaban J connectivity index is 1.47. The number of hydrogen-bond acceptors (Lipinski definition) is 9. The SMILES string of the molecule is Cn1ncc2c(-c3nc(N)c4c(n3)NC(=O)C4(c3cnoc3)C3CC3)nc(CCC(F)(F)C(F)(F)F)nc21. The highest BCUT2D eigenvalue weighted by Gasteiger charge is 2.60. The van der Waals surface area contributed by atoms with Crippen molar-refractivity contribution in [2.45, 2.75) is 43.2 Å². The van der Waals surface area contributed by atoms with Gasteiger partial charge in [-0.15, -0.1) is 0 Å². The Morgan fingerprint density at radius 2 is 1.92 bits per heavy atom. The fourth-order valence-electron chi connectivity index (χ4n) is 4.96. The number of nitrogens with two attached hydrogens (primary N) is 1. The minimum atomic E-state index is -5.71. The van der Waals surface area contributed by atoms with Crippen molar-refractivity contribution >= 4 is 28.6 Å². The highest BCUT2D eigenvalue weighted by Crippen LogP contribution is 2.57. The van der Waals surface area contributed by atoms with Crippen LogP contribution in [0.5, 0.6) is 0 Å². The molecule has 1 saturated carbocycles. The highest BCUT2D eigenvalue weighted by molar-refractivity contribution is 6.10. The molecule has 1 amide bonds. The average molecular weight is 535 g/mol. The van der Waals surface area contributed by atoms with Gasteiger partial charge in [-0.1, -0.05) is 5.16 Å². The van der Waals surface area contributed by atoms with Gasteiger partial charge < -0.3 is 15.6 Å². The first-order chi connectivity index (χ1) is 17.9. The number of carbonyl (C=O) groups excluding carboxylic acids is 1. The van der Waals surface area contributed by atoms with Crippen LogP contribution in [0.3, 0.4) is 0 Å². The summed E-state index contributed by atoms with van der Waals surface area (Å²) in [5, 5.41) is 10.9. The van der Waals surface area contributed by atoms with Gasteiger partial charge in [-0.2, -0.15) is 27.1 Å². The Hall–Kier alpha value is -4.24. The minimum Gasteiger partial charge on any atom is -0.383 e. The predicted molar refractivity (Wildman–Crippen MR) is 120 cm³/mol. The summed E-state index contributed by atoms with van der Waals surface area (Å²) in [7, 11) is 1.52. The zero-order valence-corrected chi connectivity index (χ0v) is 19.6. The van der Waals surface area contributed by atoms with Crippen molar-refractivity contribution in [2.24, 2.45) is 13.0 Å². The maximum atomic E-state index is 13.6. The minimum absolute atomic E-state index is 0.0195. The van der Waals surface area contributed by atoms with Crippen molar-refractivity contribution in [3.05, 3.63) is 35.6 Å². The van der Waals surface area contributed by atoms with E-state index >= 15 is 0 Å². The van der Waals surface area contributed by atoms with Gasteiger partial charge >= 0.3 is 12.1 Å². The number of anilines is 2. The standard InChI is InChI=1S/C22H18F5N9O2/c1-36-18-11(7-29-36)14(31-12(32-18)4-5-20(23,24)22(25,26)27)17-33-15(28)13-16(34-17)35-19(37)21(13,9-2-3-9)10-6-30-38-8-10/h6-9H,2-5H2,1H3,(H3,28,33,34,35,37). The van der Waals surface area contributed by atoms with Gasteiger partial charge in [-0.25, -0.2) is 19.9 Å². The van der Waals surface area contributed by atoms with Crippen LogP contribution in [0.1, 0.15) is 36.2 Å². The summed E-state index contributed by atoms with van der Waals surface area (Å²) in [5.74, 6) is -5.65. The van der Waals surface area contributed by atoms with Crippen LogP contribution in [-0.4, -0.2) is 52.9 Å². The molecule has 3 N–H and O–H groups in total. The summed E-state index contributed by atoms with van der Waals surface area (Å²) in [5.41, 5.74) is 6.25. The van der Waals surface area contributed by atoms with E-state index in [1.807, 2.05) is 0 Å². The molecule has 1 aliphatic carbocycles. The van der Waals surface area contributed by atoms with E-state index in [9.17, 15) is 26.7 Å². The molecule has 2 aliphatic rings. The number of fused-ring (bicyclic) bond motifs is 2. The van der Waals surface area contributed by atoms with Crippen molar-refractivity contribution in [3.8, 4) is 11.5 Å². The number of hydrogen-bond donors (Lipinski definition) is 2. The summed E-state index contributed by atoms with van der Waals surface area (Å²) < 4.78 is 71.6. The maximum absolute atomic E-state index is 13.6. The normalized spacial score (nSPS) is 19.7. The van der Waals surface area contributed by atoms with E-state index < -0.39 is 30.4 Å². The number of halogens is 5. The molecule has 1 atom stereocenters. The summed E-state index contributed by atoms with van der Waals surface area (Å²) in [6.07, 6.45) is -2.33. The molecule has 0 bridgehead atoms. The van der Waals surface area contributed by atoms with E-state index in [-0.39, 0.29) is 46.5 Å². The van der Waals surface area contributed by atoms with Crippen LogP contribution in [0.4, 0.5) is 33.6 Å². The van der Waals surface area contributed by atoms with Crippen molar-refractivity contribution in [2.75, 3.05) is 11.1 Å². The molecule has 6 rings (SSSR count). The van der Waals surface area contributed by atoms with Gasteiger partial charge in [0.25, 0.3) is 0 Å². The Morgan fingerprint density at radius 3 is 2.58 bits per heavy atom. The lowest BCUT2D eigenvalue weighted by Crippen LogP contribution is -2.38. The van der Waals surface area contributed by atoms with E-state index in [1.54, 1.807) is 0 Å². The van der Waals surface area contributed by atoms with Crippen LogP contribution in [0.2, 0.25) is 0 Å². The van der Waals surface area contributed by atoms with Gasteiger partial charge in [0.1, 0.15) is 34.8 Å². The Kier molecular flexibility index (Phi) is 5.00. The molecule has 4 aromatic rings. The van der Waals surface area contributed by atoms with E-state index in [0.717, 1.165) is 12.8 Å². The number of aromatic nitrogens is 7. The maximum Gasteiger partial charge on any atom is 0.453 e. The molecule has 0 radical (unpaired) electrons. The smallest absolute Gasteiger partial charge is 0.383 e. The van der Waals surface area contributed by atoms with E-state index in [0.29, 0.717) is 16.5 Å². The van der Waals surface area contributed by atoms with Crippen LogP contribution < -0.4 is 11.1 Å². The first-order valence-electron chi connectivity index (χ1n) is 11.5. The summed E-state index contributed by atoms with van der Waals surface area (Å²) in [6, 6.07) is 0. The van der Waals surface area contributed by atoms with Gasteiger partial charge in [-0.3, -0.25) is 9.48 Å². The molecule has 4 aromatic heterocycles. The van der Waals surface area contributed by atoms with Crippen molar-refractivity contribution in [1.82, 2.24) is 34.9 Å². The Bertz CT molecular complexity index is 1580. The number of amides is 1. The van der Waals surface area contributed by atoms with Crippen LogP contribution >= 0.6 is 0 Å². The quantitative estimate of drug-likeness (QED) is 0.355. The lowest BCUT2D eigenvalue weighted by atomic mass is 9.73. The topological polar surface area (TPSA) is 151 Å². The first-order valence-corrected chi connectivity index (χ1v) is 11.5. The molecule has 0 aromatic carbocycles. The molecule has 1 aliphatic heterocycles. The summed E-state index contributed by atoms with van der Waals surface area (Å²) >= 11 is 0. The van der Waals surface area contributed by atoms with Crippen LogP contribution in [0.15, 0.2) is 23.2 Å². The number of carbonyl (C=O) groups is 1. The fourth-order valence-corrected chi connectivity index (χ4v) is 4.96. The molecule has 16 heteroatoms. The molecule has 0 spiro atoms. The molecule has 5 heterocycles. The molecule has 38 heavy (non-hydrogen) atoms. The zero-order valence-electron chi connectivity index (χ0n) is 19.6. The summed E-state index contributed by atoms with van der Waals surface area (Å²) in [6.45, 7) is 0. The lowest BCUT2D eigenvalue weighted by molar-refractivity contribution is -0.284. The Morgan fingerprint density at radius 1 is 1.16 bits per heavy atom. The second kappa shape index (κ2) is 7.88. The third-order valence-corrected chi connectivity index (χ3v) is 6.93. The molecular weight excluding hydrogens is 517 g/mol. The van der Waals surface area contributed by atoms with Crippen molar-refractivity contribution in [3.63, 3.8) is 0 Å². The molecule has 198 valence electrons. The molecular formula is C22H18F5N9O2. The number of nitrogen functional groups attached to an aromatic ring is 1. The number of rotatable bonds is 6. The van der Waals surface area contributed by atoms with Crippen LogP contribution in [-0.2, 0) is 23.7 Å². The van der Waals surface area contributed by atoms with Gasteiger partial charge in [0.05, 0.1) is 23.3 Å². The Labute approximate surface area is 209 Å². The summed E-state index contributed by atoms with van der Waals surface area (Å²) in [4.78, 5) is 30.5. The molecule has 1 unspecified atom stereocenters. The first kappa shape index (κ1) is 24.1. The molecule has 11 nitrogen and oxygen atoms in total. The van der Waals surface area contributed by atoms with E-state index in [4.69, 9.17) is 10.3 Å². The third kappa shape index (κ3) is 3.42. The van der Waals surface area contributed by atoms with E-state index in [1.165, 1.54) is 30.4 Å². The lowest BCUT2D eigenvalue weighted by Gasteiger charge is -2.26. The second-order valence-corrected chi connectivity index (χ2v) is 9.30. The van der Waals surface area contributed by atoms with Gasteiger partial charge in [-0.05, 0) is 18.8 Å². The zero-order chi connectivity index (χ0) is 27.0. The predicted octanol–water partition coefficient (Wildman–Crippen LogP) is 3.17. The molecule has 1 fully saturated rings. The molecule has 0 saturated heterocycles. The van der Waals surface area contributed by atoms with Crippen LogP contribution in [0, 0.1) is 5.92 Å². The van der Waals surface area contributed by atoms with Crippen molar-refractivity contribution < 1.29 is 31.3 Å². The average Bonchev–Trinajstić information content (AvgIpc) is 3.27. The number of nitrogens with zero attached hydrogens (tertiary/aromatic N) is 7. The monoisotopic (exact) mass is 535 g/mol. The fraction of sp³-hybridized carbons (Fsp3) is 0.409. The largest absolute Gasteiger partial charge is 0.453 e. The van der Waals surface area contributed by atoms with Gasteiger partial charge in [0.2, 0.25) is 5.91 Å². The number of aryl methyl sites for hydroxylation is 2. The van der Waals surface area contributed by atoms with E-state index in [2.05, 4.69) is 35.5 Å². The van der Waals surface area contributed by atoms with Gasteiger partial charge in [0, 0.05) is 25.5 Å². The third-order valence-electron chi connectivity index (χ3n) is 6.93. The van der Waals surface area contributed by atoms with Gasteiger partial charge in [0.15, 0.2) is 11.5 Å². The number of alkyl halides is 5. The second-order valence-electron chi connectivity index (χ2n) is 9.30.